The summed E-state index contributed by atoms with van der Waals surface area (Å²) in [6.45, 7) is 1.42. The van der Waals surface area contributed by atoms with Gasteiger partial charge in [-0.3, -0.25) is 9.10 Å². The molecule has 0 atom stereocenters. The first kappa shape index (κ1) is 28.1. The molecule has 0 fully saturated rings. The van der Waals surface area contributed by atoms with Crippen LogP contribution in [0.25, 0.3) is 0 Å². The van der Waals surface area contributed by atoms with Crippen molar-refractivity contribution in [1.82, 2.24) is 9.62 Å². The van der Waals surface area contributed by atoms with Crippen LogP contribution in [-0.2, 0) is 24.8 Å². The zero-order valence-electron chi connectivity index (χ0n) is 20.6. The van der Waals surface area contributed by atoms with Crippen molar-refractivity contribution in [3.05, 3.63) is 84.2 Å². The Kier molecular flexibility index (Phi) is 8.89. The molecule has 0 saturated heterocycles. The molecule has 0 aliphatic rings. The molecule has 0 aliphatic carbocycles. The molecule has 0 spiro atoms. The summed E-state index contributed by atoms with van der Waals surface area (Å²) in [5, 5.41) is 2.60. The second kappa shape index (κ2) is 11.7. The van der Waals surface area contributed by atoms with E-state index in [0.29, 0.717) is 5.75 Å². The highest BCUT2D eigenvalue weighted by Crippen LogP contribution is 2.24. The number of hydrogen-bond donors (Lipinski definition) is 1. The Morgan fingerprint density at radius 3 is 1.95 bits per heavy atom. The molecule has 3 aromatic carbocycles. The van der Waals surface area contributed by atoms with Crippen LogP contribution in [0, 0.1) is 12.7 Å². The highest BCUT2D eigenvalue weighted by Gasteiger charge is 2.27. The Bertz CT molecular complexity index is 1430. The van der Waals surface area contributed by atoms with E-state index >= 15 is 0 Å². The van der Waals surface area contributed by atoms with Crippen molar-refractivity contribution in [1.29, 1.82) is 0 Å². The summed E-state index contributed by atoms with van der Waals surface area (Å²) in [6, 6.07) is 16.8. The van der Waals surface area contributed by atoms with E-state index < -0.39 is 38.3 Å². The summed E-state index contributed by atoms with van der Waals surface area (Å²) in [6.07, 6.45) is 0. The minimum atomic E-state index is -4.11. The molecule has 0 bridgehead atoms. The van der Waals surface area contributed by atoms with Crippen LogP contribution in [-0.4, -0.2) is 60.8 Å². The number of sulfonamides is 2. The predicted octanol–water partition coefficient (Wildman–Crippen LogP) is 2.77. The number of carbonyl (C=O) groups excluding carboxylic acids is 1. The molecular formula is C25H28FN3O6S2. The Morgan fingerprint density at radius 2 is 1.38 bits per heavy atom. The van der Waals surface area contributed by atoms with E-state index in [9.17, 15) is 26.0 Å². The zero-order chi connectivity index (χ0) is 27.2. The van der Waals surface area contributed by atoms with Gasteiger partial charge in [-0.2, -0.15) is 0 Å². The van der Waals surface area contributed by atoms with Crippen molar-refractivity contribution in [2.75, 3.05) is 38.1 Å². The van der Waals surface area contributed by atoms with Crippen molar-refractivity contribution >= 4 is 31.6 Å². The minimum absolute atomic E-state index is 0.00159. The largest absolute Gasteiger partial charge is 0.492 e. The Labute approximate surface area is 216 Å². The lowest BCUT2D eigenvalue weighted by Gasteiger charge is -2.24. The van der Waals surface area contributed by atoms with Gasteiger partial charge >= 0.3 is 0 Å². The van der Waals surface area contributed by atoms with Crippen LogP contribution >= 0.6 is 0 Å². The number of ether oxygens (including phenoxy) is 1. The average Bonchev–Trinajstić information content (AvgIpc) is 2.86. The second-order valence-corrected chi connectivity index (χ2v) is 12.3. The number of rotatable bonds is 11. The number of hydrogen-bond acceptors (Lipinski definition) is 6. The molecule has 3 rings (SSSR count). The van der Waals surface area contributed by atoms with Crippen LogP contribution in [0.5, 0.6) is 5.75 Å². The van der Waals surface area contributed by atoms with E-state index in [1.165, 1.54) is 62.6 Å². The molecule has 1 N–H and O–H groups in total. The molecule has 0 aliphatic heterocycles. The maximum absolute atomic E-state index is 13.4. The lowest BCUT2D eigenvalue weighted by atomic mass is 10.2. The fourth-order valence-electron chi connectivity index (χ4n) is 3.22. The summed E-state index contributed by atoms with van der Waals surface area (Å²) in [5.41, 5.74) is 1.01. The van der Waals surface area contributed by atoms with E-state index in [4.69, 9.17) is 4.74 Å². The predicted molar refractivity (Wildman–Crippen MR) is 138 cm³/mol. The van der Waals surface area contributed by atoms with Gasteiger partial charge in [0.1, 0.15) is 24.7 Å². The maximum Gasteiger partial charge on any atom is 0.264 e. The van der Waals surface area contributed by atoms with Crippen LogP contribution in [0.1, 0.15) is 5.56 Å². The number of benzene rings is 3. The van der Waals surface area contributed by atoms with E-state index in [0.717, 1.165) is 26.3 Å². The van der Waals surface area contributed by atoms with Crippen molar-refractivity contribution in [2.45, 2.75) is 16.7 Å². The molecule has 37 heavy (non-hydrogen) atoms. The fraction of sp³-hybridized carbons (Fsp3) is 0.240. The molecule has 0 radical (unpaired) electrons. The first-order valence-electron chi connectivity index (χ1n) is 11.2. The lowest BCUT2D eigenvalue weighted by molar-refractivity contribution is -0.119. The normalized spacial score (nSPS) is 11.8. The highest BCUT2D eigenvalue weighted by atomic mass is 32.2. The molecule has 0 unspecified atom stereocenters. The van der Waals surface area contributed by atoms with Gasteiger partial charge < -0.3 is 10.1 Å². The molecule has 198 valence electrons. The summed E-state index contributed by atoms with van der Waals surface area (Å²) < 4.78 is 71.9. The van der Waals surface area contributed by atoms with Crippen LogP contribution in [0.3, 0.4) is 0 Å². The van der Waals surface area contributed by atoms with Gasteiger partial charge in [0, 0.05) is 14.1 Å². The Hall–Kier alpha value is -3.48. The van der Waals surface area contributed by atoms with Gasteiger partial charge in [0.2, 0.25) is 15.9 Å². The van der Waals surface area contributed by atoms with Crippen molar-refractivity contribution < 1.29 is 30.8 Å². The number of amides is 1. The van der Waals surface area contributed by atoms with Crippen LogP contribution < -0.4 is 14.4 Å². The van der Waals surface area contributed by atoms with Crippen molar-refractivity contribution in [3.63, 3.8) is 0 Å². The average molecular weight is 550 g/mol. The molecule has 0 aromatic heterocycles. The zero-order valence-corrected chi connectivity index (χ0v) is 22.2. The summed E-state index contributed by atoms with van der Waals surface area (Å²) in [4.78, 5) is 12.8. The van der Waals surface area contributed by atoms with Gasteiger partial charge in [0.05, 0.1) is 22.0 Å². The number of nitrogens with zero attached hydrogens (tertiary/aromatic N) is 2. The van der Waals surface area contributed by atoms with Crippen LogP contribution in [0.2, 0.25) is 0 Å². The van der Waals surface area contributed by atoms with Crippen molar-refractivity contribution in [2.24, 2.45) is 0 Å². The molecule has 12 heteroatoms. The van der Waals surface area contributed by atoms with E-state index in [-0.39, 0.29) is 28.6 Å². The Morgan fingerprint density at radius 1 is 0.838 bits per heavy atom. The number of halogens is 1. The van der Waals surface area contributed by atoms with Gasteiger partial charge in [-0.25, -0.2) is 25.5 Å². The molecule has 0 heterocycles. The summed E-state index contributed by atoms with van der Waals surface area (Å²) >= 11 is 0. The SMILES string of the molecule is Cc1ccc(S(=O)(=O)N(CC(=O)NCCOc2ccc(S(=O)(=O)N(C)C)cc2)c2ccc(F)cc2)cc1. The topological polar surface area (TPSA) is 113 Å². The van der Waals surface area contributed by atoms with Crippen LogP contribution in [0.15, 0.2) is 82.6 Å². The van der Waals surface area contributed by atoms with E-state index in [1.807, 2.05) is 6.92 Å². The molecule has 0 saturated carbocycles. The first-order valence-corrected chi connectivity index (χ1v) is 14.1. The Balaban J connectivity index is 1.64. The third-order valence-electron chi connectivity index (χ3n) is 5.31. The molecular weight excluding hydrogens is 521 g/mol. The molecule has 9 nitrogen and oxygen atoms in total. The monoisotopic (exact) mass is 549 g/mol. The fourth-order valence-corrected chi connectivity index (χ4v) is 5.55. The van der Waals surface area contributed by atoms with E-state index in [2.05, 4.69) is 5.32 Å². The van der Waals surface area contributed by atoms with Gasteiger partial charge in [0.25, 0.3) is 10.0 Å². The number of nitrogens with one attached hydrogen (secondary N) is 1. The number of carbonyl (C=O) groups is 1. The smallest absolute Gasteiger partial charge is 0.264 e. The number of aryl methyl sites for hydroxylation is 1. The first-order chi connectivity index (χ1) is 17.4. The van der Waals surface area contributed by atoms with Gasteiger partial charge in [0.15, 0.2) is 0 Å². The minimum Gasteiger partial charge on any atom is -0.492 e. The van der Waals surface area contributed by atoms with Gasteiger partial charge in [-0.15, -0.1) is 0 Å². The van der Waals surface area contributed by atoms with E-state index in [1.54, 1.807) is 12.1 Å². The van der Waals surface area contributed by atoms with Gasteiger partial charge in [-0.1, -0.05) is 17.7 Å². The van der Waals surface area contributed by atoms with Crippen molar-refractivity contribution in [3.8, 4) is 5.75 Å². The maximum atomic E-state index is 13.4. The molecule has 1 amide bonds. The van der Waals surface area contributed by atoms with Gasteiger partial charge in [-0.05, 0) is 67.6 Å². The third kappa shape index (κ3) is 7.06. The molecule has 3 aromatic rings. The highest BCUT2D eigenvalue weighted by molar-refractivity contribution is 7.92. The third-order valence-corrected chi connectivity index (χ3v) is 8.92. The standard InChI is InChI=1S/C25H28FN3O6S2/c1-19-4-12-24(13-5-19)37(33,34)29(21-8-6-20(26)7-9-21)18-25(30)27-16-17-35-22-10-14-23(15-11-22)36(31,32)28(2)3/h4-15H,16-18H2,1-3H3,(H,27,30). The van der Waals surface area contributed by atoms with Crippen LogP contribution in [0.4, 0.5) is 10.1 Å². The number of anilines is 1. The lowest BCUT2D eigenvalue weighted by Crippen LogP contribution is -2.41. The quantitative estimate of drug-likeness (QED) is 0.368. The second-order valence-electron chi connectivity index (χ2n) is 8.26. The summed E-state index contributed by atoms with van der Waals surface area (Å²) in [5.74, 6) is -0.719. The summed E-state index contributed by atoms with van der Waals surface area (Å²) in [7, 11) is -4.79.